The highest BCUT2D eigenvalue weighted by atomic mass is 32.1. The molecule has 0 aromatic carbocycles. The van der Waals surface area contributed by atoms with Gasteiger partial charge in [-0.2, -0.15) is 5.10 Å². The summed E-state index contributed by atoms with van der Waals surface area (Å²) < 4.78 is 3.29. The Labute approximate surface area is 125 Å². The quantitative estimate of drug-likeness (QED) is 0.724. The Bertz CT molecular complexity index is 907. The van der Waals surface area contributed by atoms with Crippen molar-refractivity contribution < 1.29 is 0 Å². The molecule has 0 spiro atoms. The molecule has 3 rings (SSSR count). The first-order valence-corrected chi connectivity index (χ1v) is 7.32. The molecule has 0 radical (unpaired) electrons. The largest absolute Gasteiger partial charge is 0.320 e. The van der Waals surface area contributed by atoms with E-state index in [2.05, 4.69) is 16.9 Å². The van der Waals surface area contributed by atoms with Crippen LogP contribution < -0.4 is 11.3 Å². The van der Waals surface area contributed by atoms with Crippen molar-refractivity contribution in [1.82, 2.24) is 14.2 Å². The van der Waals surface area contributed by atoms with Gasteiger partial charge in [0.05, 0.1) is 23.7 Å². The molecule has 0 aliphatic heterocycles. The van der Waals surface area contributed by atoms with Crippen LogP contribution in [-0.4, -0.2) is 20.7 Å². The zero-order valence-corrected chi connectivity index (χ0v) is 12.4. The van der Waals surface area contributed by atoms with E-state index in [1.165, 1.54) is 0 Å². The maximum Gasteiger partial charge on any atom is 0.276 e. The Morgan fingerprint density at radius 3 is 3.05 bits per heavy atom. The fourth-order valence-electron chi connectivity index (χ4n) is 2.11. The predicted octanol–water partition coefficient (Wildman–Crippen LogP) is 1.22. The van der Waals surface area contributed by atoms with E-state index in [0.717, 1.165) is 15.4 Å². The van der Waals surface area contributed by atoms with Gasteiger partial charge in [-0.3, -0.25) is 4.79 Å². The summed E-state index contributed by atoms with van der Waals surface area (Å²) >= 11 is 1.58. The summed E-state index contributed by atoms with van der Waals surface area (Å²) in [5.41, 5.74) is 6.74. The number of rotatable bonds is 2. The zero-order valence-electron chi connectivity index (χ0n) is 11.5. The average molecular weight is 298 g/mol. The van der Waals surface area contributed by atoms with E-state index in [0.29, 0.717) is 18.6 Å². The minimum absolute atomic E-state index is 0.0407. The van der Waals surface area contributed by atoms with Gasteiger partial charge < -0.3 is 10.3 Å². The minimum atomic E-state index is -0.0407. The molecular formula is C15H14N4OS. The summed E-state index contributed by atoms with van der Waals surface area (Å²) in [4.78, 5) is 14.4. The van der Waals surface area contributed by atoms with E-state index in [9.17, 15) is 4.79 Å². The summed E-state index contributed by atoms with van der Waals surface area (Å²) in [7, 11) is 0. The Morgan fingerprint density at radius 1 is 1.38 bits per heavy atom. The van der Waals surface area contributed by atoms with Crippen molar-refractivity contribution >= 4 is 16.9 Å². The van der Waals surface area contributed by atoms with Gasteiger partial charge >= 0.3 is 0 Å². The molecule has 0 aliphatic carbocycles. The normalized spacial score (nSPS) is 10.6. The number of nitrogens with zero attached hydrogens (tertiary/aromatic N) is 3. The SMILES string of the molecule is Cc1cc2c(=O)n(Cc3ccc(C#CCN)s3)ccn2n1. The molecule has 0 fully saturated rings. The van der Waals surface area contributed by atoms with Crippen LogP contribution in [0, 0.1) is 18.8 Å². The van der Waals surface area contributed by atoms with Crippen LogP contribution in [0.4, 0.5) is 0 Å². The number of fused-ring (bicyclic) bond motifs is 1. The van der Waals surface area contributed by atoms with Crippen molar-refractivity contribution in [2.45, 2.75) is 13.5 Å². The number of hydrogen-bond donors (Lipinski definition) is 1. The number of thiophene rings is 1. The van der Waals surface area contributed by atoms with Crippen LogP contribution in [-0.2, 0) is 6.54 Å². The molecule has 0 saturated carbocycles. The van der Waals surface area contributed by atoms with Crippen molar-refractivity contribution in [3.8, 4) is 11.8 Å². The third kappa shape index (κ3) is 2.75. The first-order valence-electron chi connectivity index (χ1n) is 6.50. The summed E-state index contributed by atoms with van der Waals surface area (Å²) in [6, 6.07) is 5.74. The van der Waals surface area contributed by atoms with Crippen molar-refractivity contribution in [1.29, 1.82) is 0 Å². The Kier molecular flexibility index (Phi) is 3.60. The smallest absolute Gasteiger partial charge is 0.276 e. The number of aromatic nitrogens is 3. The molecule has 6 heteroatoms. The molecule has 3 aromatic rings. The standard InChI is InChI=1S/C15H14N4OS/c1-11-9-14-15(20)18(7-8-19(14)17-11)10-13-5-4-12(21-13)3-2-6-16/h4-5,7-9H,6,10,16H2,1H3. The molecule has 0 aliphatic rings. The van der Waals surface area contributed by atoms with Crippen LogP contribution in [0.1, 0.15) is 15.4 Å². The first kappa shape index (κ1) is 13.6. The summed E-state index contributed by atoms with van der Waals surface area (Å²) in [6.45, 7) is 2.76. The first-order chi connectivity index (χ1) is 10.2. The fourth-order valence-corrected chi connectivity index (χ4v) is 2.99. The second kappa shape index (κ2) is 5.56. The maximum absolute atomic E-state index is 12.4. The molecule has 5 nitrogen and oxygen atoms in total. The predicted molar refractivity (Wildman–Crippen MR) is 83.5 cm³/mol. The van der Waals surface area contributed by atoms with Gasteiger partial charge in [0.25, 0.3) is 5.56 Å². The molecule has 2 N–H and O–H groups in total. The van der Waals surface area contributed by atoms with Gasteiger partial charge in [0.1, 0.15) is 5.52 Å². The number of aryl methyl sites for hydroxylation is 1. The van der Waals surface area contributed by atoms with Gasteiger partial charge in [0.2, 0.25) is 0 Å². The third-order valence-corrected chi connectivity index (χ3v) is 4.01. The highest BCUT2D eigenvalue weighted by Gasteiger charge is 2.07. The van der Waals surface area contributed by atoms with Crippen molar-refractivity contribution in [3.05, 3.63) is 56.4 Å². The van der Waals surface area contributed by atoms with Crippen LogP contribution in [0.5, 0.6) is 0 Å². The highest BCUT2D eigenvalue weighted by molar-refractivity contribution is 7.12. The van der Waals surface area contributed by atoms with Gasteiger partial charge in [-0.05, 0) is 25.1 Å². The molecule has 3 heterocycles. The van der Waals surface area contributed by atoms with Gasteiger partial charge in [-0.25, -0.2) is 4.52 Å². The molecular weight excluding hydrogens is 284 g/mol. The molecule has 106 valence electrons. The van der Waals surface area contributed by atoms with E-state index in [-0.39, 0.29) is 5.56 Å². The van der Waals surface area contributed by atoms with Crippen LogP contribution in [0.25, 0.3) is 5.52 Å². The van der Waals surface area contributed by atoms with E-state index in [4.69, 9.17) is 5.73 Å². The summed E-state index contributed by atoms with van der Waals surface area (Å²) in [5.74, 6) is 5.83. The molecule has 3 aromatic heterocycles. The highest BCUT2D eigenvalue weighted by Crippen LogP contribution is 2.16. The third-order valence-electron chi connectivity index (χ3n) is 3.03. The second-order valence-corrected chi connectivity index (χ2v) is 5.79. The lowest BCUT2D eigenvalue weighted by atomic mass is 10.4. The van der Waals surface area contributed by atoms with Crippen molar-refractivity contribution in [3.63, 3.8) is 0 Å². The number of hydrogen-bond acceptors (Lipinski definition) is 4. The van der Waals surface area contributed by atoms with Crippen molar-refractivity contribution in [2.24, 2.45) is 5.73 Å². The van der Waals surface area contributed by atoms with Gasteiger partial charge in [-0.15, -0.1) is 11.3 Å². The van der Waals surface area contributed by atoms with E-state index in [1.54, 1.807) is 38.9 Å². The lowest BCUT2D eigenvalue weighted by Gasteiger charge is -2.03. The lowest BCUT2D eigenvalue weighted by molar-refractivity contribution is 0.750. The maximum atomic E-state index is 12.4. The van der Waals surface area contributed by atoms with Crippen LogP contribution in [0.2, 0.25) is 0 Å². The number of nitrogens with two attached hydrogens (primary N) is 1. The van der Waals surface area contributed by atoms with Crippen LogP contribution in [0.3, 0.4) is 0 Å². The monoisotopic (exact) mass is 298 g/mol. The molecule has 0 bridgehead atoms. The fraction of sp³-hybridized carbons (Fsp3) is 0.200. The zero-order chi connectivity index (χ0) is 14.8. The average Bonchev–Trinajstić information content (AvgIpc) is 3.06. The van der Waals surface area contributed by atoms with Crippen LogP contribution in [0.15, 0.2) is 35.4 Å². The second-order valence-electron chi connectivity index (χ2n) is 4.62. The summed E-state index contributed by atoms with van der Waals surface area (Å²) in [5, 5.41) is 4.24. The van der Waals surface area contributed by atoms with Gasteiger partial charge in [0.15, 0.2) is 0 Å². The van der Waals surface area contributed by atoms with E-state index in [1.807, 2.05) is 19.1 Å². The Balaban J connectivity index is 1.92. The Hall–Kier alpha value is -2.36. The molecule has 0 amide bonds. The Morgan fingerprint density at radius 2 is 2.24 bits per heavy atom. The van der Waals surface area contributed by atoms with E-state index < -0.39 is 0 Å². The molecule has 21 heavy (non-hydrogen) atoms. The molecule has 0 saturated heterocycles. The topological polar surface area (TPSA) is 65.3 Å². The summed E-state index contributed by atoms with van der Waals surface area (Å²) in [6.07, 6.45) is 3.55. The van der Waals surface area contributed by atoms with E-state index >= 15 is 0 Å². The van der Waals surface area contributed by atoms with Gasteiger partial charge in [0, 0.05) is 17.3 Å². The van der Waals surface area contributed by atoms with Crippen molar-refractivity contribution in [2.75, 3.05) is 6.54 Å². The van der Waals surface area contributed by atoms with Crippen LogP contribution >= 0.6 is 11.3 Å². The minimum Gasteiger partial charge on any atom is -0.320 e. The van der Waals surface area contributed by atoms with Gasteiger partial charge in [-0.1, -0.05) is 11.8 Å². The molecule has 0 unspecified atom stereocenters. The lowest BCUT2D eigenvalue weighted by Crippen LogP contribution is -2.21. The molecule has 0 atom stereocenters.